The summed E-state index contributed by atoms with van der Waals surface area (Å²) in [6.07, 6.45) is 9.53. The average Bonchev–Trinajstić information content (AvgIpc) is 3.27. The number of H-pyrrole nitrogens is 1. The van der Waals surface area contributed by atoms with E-state index in [0.717, 1.165) is 36.6 Å². The molecule has 1 amide bonds. The van der Waals surface area contributed by atoms with Gasteiger partial charge in [-0.1, -0.05) is 31.0 Å². The molecule has 2 N–H and O–H groups in total. The van der Waals surface area contributed by atoms with Crippen molar-refractivity contribution in [3.8, 4) is 0 Å². The summed E-state index contributed by atoms with van der Waals surface area (Å²) >= 11 is 1.63. The summed E-state index contributed by atoms with van der Waals surface area (Å²) < 4.78 is 1.20. The molecule has 0 aliphatic carbocycles. The Bertz CT molecular complexity index is 947. The van der Waals surface area contributed by atoms with E-state index in [-0.39, 0.29) is 11.9 Å². The molecule has 1 atom stereocenters. The number of imidazole rings is 1. The van der Waals surface area contributed by atoms with E-state index in [9.17, 15) is 4.79 Å². The maximum atomic E-state index is 13.0. The lowest BCUT2D eigenvalue weighted by Gasteiger charge is -2.29. The molecule has 4 rings (SSSR count). The van der Waals surface area contributed by atoms with Gasteiger partial charge in [0.05, 0.1) is 11.4 Å². The first-order valence-electron chi connectivity index (χ1n) is 10.7. The van der Waals surface area contributed by atoms with Crippen LogP contribution in [-0.2, 0) is 13.0 Å². The van der Waals surface area contributed by atoms with Crippen LogP contribution in [0.1, 0.15) is 60.6 Å². The number of hydrogen-bond acceptors (Lipinski definition) is 4. The molecular weight excluding hydrogens is 380 g/mol. The van der Waals surface area contributed by atoms with Crippen molar-refractivity contribution in [1.29, 1.82) is 0 Å². The second kappa shape index (κ2) is 9.09. The standard InChI is InChI=1S/C23H30N4OS/c1-16(2)26-23(28)22-19(18-9-5-6-10-20(18)29-22)14-17-8-4-3-7-13-27(17)15-21-24-11-12-25-21/h5-6,9-12,16-17H,3-4,7-8,13-15H2,1-2H3,(H,24,25)(H,26,28). The van der Waals surface area contributed by atoms with Crippen molar-refractivity contribution in [2.75, 3.05) is 6.54 Å². The van der Waals surface area contributed by atoms with Crippen LogP contribution in [0.3, 0.4) is 0 Å². The highest BCUT2D eigenvalue weighted by molar-refractivity contribution is 7.21. The molecule has 0 radical (unpaired) electrons. The summed E-state index contributed by atoms with van der Waals surface area (Å²) in [6, 6.07) is 8.99. The van der Waals surface area contributed by atoms with Crippen molar-refractivity contribution in [3.05, 3.63) is 52.9 Å². The Kier molecular flexibility index (Phi) is 6.31. The second-order valence-corrected chi connectivity index (χ2v) is 9.30. The van der Waals surface area contributed by atoms with Crippen molar-refractivity contribution in [3.63, 3.8) is 0 Å². The lowest BCUT2D eigenvalue weighted by atomic mass is 9.98. The number of nitrogens with zero attached hydrogens (tertiary/aromatic N) is 2. The molecule has 0 bridgehead atoms. The summed E-state index contributed by atoms with van der Waals surface area (Å²) in [4.78, 5) is 24.1. The fourth-order valence-electron chi connectivity index (χ4n) is 4.30. The Morgan fingerprint density at radius 1 is 1.31 bits per heavy atom. The third-order valence-electron chi connectivity index (χ3n) is 5.67. The lowest BCUT2D eigenvalue weighted by molar-refractivity contribution is 0.0945. The van der Waals surface area contributed by atoms with E-state index in [1.54, 1.807) is 11.3 Å². The molecule has 154 valence electrons. The number of thiophene rings is 1. The van der Waals surface area contributed by atoms with Crippen LogP contribution in [0.15, 0.2) is 36.7 Å². The molecule has 5 nitrogen and oxygen atoms in total. The number of aromatic amines is 1. The average molecular weight is 411 g/mol. The molecule has 29 heavy (non-hydrogen) atoms. The third kappa shape index (κ3) is 4.70. The van der Waals surface area contributed by atoms with Gasteiger partial charge in [-0.15, -0.1) is 11.3 Å². The maximum Gasteiger partial charge on any atom is 0.261 e. The van der Waals surface area contributed by atoms with Gasteiger partial charge in [0.2, 0.25) is 0 Å². The number of benzene rings is 1. The van der Waals surface area contributed by atoms with Gasteiger partial charge in [-0.2, -0.15) is 0 Å². The minimum absolute atomic E-state index is 0.0578. The summed E-state index contributed by atoms with van der Waals surface area (Å²) in [5.74, 6) is 1.08. The fourth-order valence-corrected chi connectivity index (χ4v) is 5.44. The van der Waals surface area contributed by atoms with Crippen molar-refractivity contribution < 1.29 is 4.79 Å². The van der Waals surface area contributed by atoms with E-state index in [2.05, 4.69) is 44.5 Å². The fraction of sp³-hybridized carbons (Fsp3) is 0.478. The predicted molar refractivity (Wildman–Crippen MR) is 119 cm³/mol. The Labute approximate surface area is 176 Å². The van der Waals surface area contributed by atoms with E-state index in [0.29, 0.717) is 6.04 Å². The van der Waals surface area contributed by atoms with Gasteiger partial charge in [0.1, 0.15) is 5.82 Å². The van der Waals surface area contributed by atoms with Crippen molar-refractivity contribution in [2.24, 2.45) is 0 Å². The van der Waals surface area contributed by atoms with E-state index in [4.69, 9.17) is 0 Å². The van der Waals surface area contributed by atoms with Crippen LogP contribution in [0.2, 0.25) is 0 Å². The van der Waals surface area contributed by atoms with Crippen LogP contribution in [0.25, 0.3) is 10.1 Å². The minimum Gasteiger partial charge on any atom is -0.349 e. The smallest absolute Gasteiger partial charge is 0.261 e. The highest BCUT2D eigenvalue weighted by Crippen LogP contribution is 2.34. The summed E-state index contributed by atoms with van der Waals surface area (Å²) in [7, 11) is 0. The van der Waals surface area contributed by atoms with Gasteiger partial charge in [0.25, 0.3) is 5.91 Å². The Morgan fingerprint density at radius 2 is 2.17 bits per heavy atom. The van der Waals surface area contributed by atoms with Crippen LogP contribution >= 0.6 is 11.3 Å². The van der Waals surface area contributed by atoms with Crippen LogP contribution in [0.4, 0.5) is 0 Å². The van der Waals surface area contributed by atoms with Gasteiger partial charge in [-0.3, -0.25) is 9.69 Å². The highest BCUT2D eigenvalue weighted by atomic mass is 32.1. The summed E-state index contributed by atoms with van der Waals surface area (Å²) in [5.41, 5.74) is 1.21. The maximum absolute atomic E-state index is 13.0. The first kappa shape index (κ1) is 20.1. The van der Waals surface area contributed by atoms with Gasteiger partial charge >= 0.3 is 0 Å². The zero-order valence-corrected chi connectivity index (χ0v) is 18.1. The molecule has 2 aromatic heterocycles. The molecule has 6 heteroatoms. The monoisotopic (exact) mass is 410 g/mol. The number of nitrogens with one attached hydrogen (secondary N) is 2. The molecule has 0 spiro atoms. The van der Waals surface area contributed by atoms with E-state index in [1.165, 1.54) is 34.9 Å². The molecule has 1 unspecified atom stereocenters. The minimum atomic E-state index is 0.0578. The molecule has 3 heterocycles. The van der Waals surface area contributed by atoms with Crippen LogP contribution in [0.5, 0.6) is 0 Å². The van der Waals surface area contributed by atoms with Crippen LogP contribution < -0.4 is 5.32 Å². The molecule has 1 aliphatic heterocycles. The van der Waals surface area contributed by atoms with Gasteiger partial charge in [0, 0.05) is 29.2 Å². The molecule has 1 saturated heterocycles. The van der Waals surface area contributed by atoms with Gasteiger partial charge < -0.3 is 10.3 Å². The largest absolute Gasteiger partial charge is 0.349 e. The van der Waals surface area contributed by atoms with Gasteiger partial charge in [-0.05, 0) is 56.7 Å². The molecular formula is C23H30N4OS. The number of carbonyl (C=O) groups is 1. The molecule has 1 aromatic carbocycles. The lowest BCUT2D eigenvalue weighted by Crippen LogP contribution is -2.37. The number of carbonyl (C=O) groups excluding carboxylic acids is 1. The molecule has 3 aromatic rings. The normalized spacial score (nSPS) is 18.2. The quantitative estimate of drug-likeness (QED) is 0.616. The first-order valence-corrected chi connectivity index (χ1v) is 11.5. The molecule has 1 fully saturated rings. The number of aromatic nitrogens is 2. The predicted octanol–water partition coefficient (Wildman–Crippen LogP) is 4.75. The Balaban J connectivity index is 1.66. The summed E-state index contributed by atoms with van der Waals surface area (Å²) in [6.45, 7) is 5.96. The Morgan fingerprint density at radius 3 is 2.97 bits per heavy atom. The Hall–Kier alpha value is -2.18. The number of rotatable bonds is 6. The first-order chi connectivity index (χ1) is 14.1. The zero-order valence-electron chi connectivity index (χ0n) is 17.3. The van der Waals surface area contributed by atoms with Crippen LogP contribution in [-0.4, -0.2) is 39.4 Å². The zero-order chi connectivity index (χ0) is 20.2. The number of fused-ring (bicyclic) bond motifs is 1. The van der Waals surface area contributed by atoms with Crippen molar-refractivity contribution in [1.82, 2.24) is 20.2 Å². The second-order valence-electron chi connectivity index (χ2n) is 8.25. The highest BCUT2D eigenvalue weighted by Gasteiger charge is 2.26. The number of amides is 1. The molecule has 1 aliphatic rings. The van der Waals surface area contributed by atoms with Crippen LogP contribution in [0, 0.1) is 0 Å². The van der Waals surface area contributed by atoms with Gasteiger partial charge in [0.15, 0.2) is 0 Å². The van der Waals surface area contributed by atoms with E-state index < -0.39 is 0 Å². The summed E-state index contributed by atoms with van der Waals surface area (Å²) in [5, 5.41) is 4.33. The van der Waals surface area contributed by atoms with Gasteiger partial charge in [-0.25, -0.2) is 4.98 Å². The number of likely N-dealkylation sites (tertiary alicyclic amines) is 1. The SMILES string of the molecule is CC(C)NC(=O)c1sc2ccccc2c1CC1CCCCCN1Cc1ncc[nH]1. The number of hydrogen-bond donors (Lipinski definition) is 2. The third-order valence-corrected chi connectivity index (χ3v) is 6.88. The van der Waals surface area contributed by atoms with Crippen molar-refractivity contribution in [2.45, 2.75) is 64.6 Å². The van der Waals surface area contributed by atoms with Crippen molar-refractivity contribution >= 4 is 27.3 Å². The topological polar surface area (TPSA) is 61.0 Å². The molecule has 0 saturated carbocycles. The van der Waals surface area contributed by atoms with E-state index in [1.807, 2.05) is 26.2 Å². The van der Waals surface area contributed by atoms with E-state index >= 15 is 0 Å².